The molecule has 0 fully saturated rings. The molecule has 0 unspecified atom stereocenters. The zero-order valence-electron chi connectivity index (χ0n) is 34.0. The van der Waals surface area contributed by atoms with Crippen LogP contribution in [0.1, 0.15) is 22.5 Å². The number of fused-ring (bicyclic) bond motifs is 9. The van der Waals surface area contributed by atoms with Crippen LogP contribution in [-0.2, 0) is 5.41 Å². The van der Waals surface area contributed by atoms with Gasteiger partial charge in [0, 0.05) is 27.1 Å². The van der Waals surface area contributed by atoms with Crippen molar-refractivity contribution in [1.29, 1.82) is 0 Å². The fourth-order valence-electron chi connectivity index (χ4n) is 10.2. The molecule has 9 aromatic carbocycles. The Morgan fingerprint density at radius 2 is 0.952 bits per heavy atom. The molecule has 0 N–H and O–H groups in total. The van der Waals surface area contributed by atoms with E-state index < -0.39 is 5.41 Å². The van der Waals surface area contributed by atoms with Crippen LogP contribution in [0.3, 0.4) is 0 Å². The summed E-state index contributed by atoms with van der Waals surface area (Å²) >= 11 is 0. The fourth-order valence-corrected chi connectivity index (χ4v) is 10.2. The molecule has 294 valence electrons. The summed E-state index contributed by atoms with van der Waals surface area (Å²) in [4.78, 5) is 16.9. The summed E-state index contributed by atoms with van der Waals surface area (Å²) in [6.07, 6.45) is 0. The zero-order valence-corrected chi connectivity index (χ0v) is 34.0. The Morgan fingerprint density at radius 1 is 0.381 bits per heavy atom. The van der Waals surface area contributed by atoms with E-state index in [1.807, 2.05) is 24.3 Å². The third-order valence-electron chi connectivity index (χ3n) is 12.9. The van der Waals surface area contributed by atoms with Gasteiger partial charge in [0.15, 0.2) is 11.6 Å². The smallest absolute Gasteiger partial charge is 0.238 e. The van der Waals surface area contributed by atoms with Crippen molar-refractivity contribution in [1.82, 2.24) is 19.5 Å². The van der Waals surface area contributed by atoms with Crippen LogP contribution in [0.25, 0.3) is 94.5 Å². The third kappa shape index (κ3) is 5.27. The summed E-state index contributed by atoms with van der Waals surface area (Å²) < 4.78 is 8.67. The van der Waals surface area contributed by atoms with Crippen LogP contribution in [0.15, 0.2) is 223 Å². The average Bonchev–Trinajstić information content (AvgIpc) is 4.01. The van der Waals surface area contributed by atoms with Crippen LogP contribution in [0.2, 0.25) is 0 Å². The molecule has 0 amide bonds. The summed E-state index contributed by atoms with van der Waals surface area (Å²) in [5, 5.41) is 4.23. The minimum atomic E-state index is -0.858. The Bertz CT molecular complexity index is 3710. The molecule has 0 atom stereocenters. The first-order chi connectivity index (χ1) is 31.2. The maximum absolute atomic E-state index is 6.45. The van der Waals surface area contributed by atoms with E-state index in [0.29, 0.717) is 17.6 Å². The Morgan fingerprint density at radius 3 is 1.75 bits per heavy atom. The zero-order chi connectivity index (χ0) is 41.5. The highest BCUT2D eigenvalue weighted by atomic mass is 16.3. The predicted molar refractivity (Wildman–Crippen MR) is 255 cm³/mol. The van der Waals surface area contributed by atoms with Crippen molar-refractivity contribution in [2.75, 3.05) is 0 Å². The Balaban J connectivity index is 1.12. The molecule has 5 heteroatoms. The van der Waals surface area contributed by atoms with E-state index >= 15 is 0 Å². The normalized spacial score (nSPS) is 12.9. The monoisotopic (exact) mass is 804 g/mol. The van der Waals surface area contributed by atoms with E-state index in [1.54, 1.807) is 0 Å². The topological polar surface area (TPSA) is 56.7 Å². The average molecular weight is 805 g/mol. The first kappa shape index (κ1) is 35.4. The van der Waals surface area contributed by atoms with Crippen LogP contribution in [0.5, 0.6) is 0 Å². The summed E-state index contributed by atoms with van der Waals surface area (Å²) in [5.74, 6) is 1.77. The van der Waals surface area contributed by atoms with Crippen molar-refractivity contribution in [2.45, 2.75) is 5.41 Å². The number of hydrogen-bond acceptors (Lipinski definition) is 4. The van der Waals surface area contributed by atoms with Gasteiger partial charge in [-0.25, -0.2) is 4.98 Å². The molecule has 0 saturated heterocycles. The maximum Gasteiger partial charge on any atom is 0.238 e. The van der Waals surface area contributed by atoms with Crippen molar-refractivity contribution in [3.8, 4) is 50.7 Å². The second-order valence-corrected chi connectivity index (χ2v) is 16.3. The first-order valence-electron chi connectivity index (χ1n) is 21.4. The SMILES string of the molecule is c1ccc(-c2cccc(-c3ccc4c(c3)c3ccccc3n4-c3nc(-c4cccc5oc6ccccc6c45)nc(C4(c5ccccc5)c5ccccc5-c5ccccc54)n3)c2)cc1. The van der Waals surface area contributed by atoms with Crippen molar-refractivity contribution in [2.24, 2.45) is 0 Å². The van der Waals surface area contributed by atoms with Crippen molar-refractivity contribution in [3.63, 3.8) is 0 Å². The van der Waals surface area contributed by atoms with Gasteiger partial charge in [-0.3, -0.25) is 4.57 Å². The summed E-state index contributed by atoms with van der Waals surface area (Å²) in [6, 6.07) is 77.2. The van der Waals surface area contributed by atoms with Crippen LogP contribution in [0, 0.1) is 0 Å². The minimum Gasteiger partial charge on any atom is -0.456 e. The van der Waals surface area contributed by atoms with Crippen LogP contribution in [-0.4, -0.2) is 19.5 Å². The maximum atomic E-state index is 6.45. The highest BCUT2D eigenvalue weighted by Gasteiger charge is 2.49. The number of nitrogens with zero attached hydrogens (tertiary/aromatic N) is 4. The lowest BCUT2D eigenvalue weighted by molar-refractivity contribution is 0.669. The first-order valence-corrected chi connectivity index (χ1v) is 21.4. The molecular weight excluding hydrogens is 769 g/mol. The highest BCUT2D eigenvalue weighted by molar-refractivity contribution is 6.12. The number of hydrogen-bond donors (Lipinski definition) is 0. The molecular formula is C58H36N4O. The van der Waals surface area contributed by atoms with Crippen molar-refractivity contribution >= 4 is 43.7 Å². The number of rotatable bonds is 6. The molecule has 1 aliphatic rings. The van der Waals surface area contributed by atoms with Gasteiger partial charge in [-0.15, -0.1) is 0 Å². The lowest BCUT2D eigenvalue weighted by Crippen LogP contribution is -2.32. The van der Waals surface area contributed by atoms with Gasteiger partial charge in [0.25, 0.3) is 0 Å². The van der Waals surface area contributed by atoms with E-state index in [-0.39, 0.29) is 0 Å². The third-order valence-corrected chi connectivity index (χ3v) is 12.9. The second-order valence-electron chi connectivity index (χ2n) is 16.3. The quantitative estimate of drug-likeness (QED) is 0.168. The van der Waals surface area contributed by atoms with Gasteiger partial charge in [-0.1, -0.05) is 182 Å². The van der Waals surface area contributed by atoms with Gasteiger partial charge in [0.2, 0.25) is 5.95 Å². The van der Waals surface area contributed by atoms with E-state index in [1.165, 1.54) is 22.3 Å². The standard InChI is InChI=1S/C58H36N4O/c1-3-17-37(18-4-1)38-19-15-20-39(35-38)40-33-34-51-47(36-40)44-25-9-13-30-50(44)62(51)57-60-55(46-27-16-32-53-54(46)45-26-10-14-31-52(45)63-53)59-56(61-57)58(41-21-5-2-6-22-41)48-28-11-7-23-42(48)43-24-8-12-29-49(43)58/h1-36H. The van der Waals surface area contributed by atoms with Crippen molar-refractivity contribution < 1.29 is 4.42 Å². The second kappa shape index (κ2) is 13.8. The molecule has 13 rings (SSSR count). The van der Waals surface area contributed by atoms with E-state index in [2.05, 4.69) is 199 Å². The van der Waals surface area contributed by atoms with Gasteiger partial charge in [0.05, 0.1) is 11.0 Å². The predicted octanol–water partition coefficient (Wildman–Crippen LogP) is 14.2. The van der Waals surface area contributed by atoms with Crippen LogP contribution >= 0.6 is 0 Å². The molecule has 1 aliphatic carbocycles. The van der Waals surface area contributed by atoms with E-state index in [4.69, 9.17) is 19.4 Å². The molecule has 12 aromatic rings. The fraction of sp³-hybridized carbons (Fsp3) is 0.0172. The van der Waals surface area contributed by atoms with E-state index in [0.717, 1.165) is 77.1 Å². The Hall–Kier alpha value is -8.41. The lowest BCUT2D eigenvalue weighted by Gasteiger charge is -2.32. The minimum absolute atomic E-state index is 0.544. The highest BCUT2D eigenvalue weighted by Crippen LogP contribution is 2.55. The Kier molecular flexibility index (Phi) is 7.75. The lowest BCUT2D eigenvalue weighted by atomic mass is 9.71. The summed E-state index contributed by atoms with van der Waals surface area (Å²) in [6.45, 7) is 0. The Labute approximate surface area is 363 Å². The number of benzene rings is 9. The van der Waals surface area contributed by atoms with Gasteiger partial charge in [-0.2, -0.15) is 9.97 Å². The number of para-hydroxylation sites is 2. The van der Waals surface area contributed by atoms with Crippen LogP contribution in [0.4, 0.5) is 0 Å². The number of aromatic nitrogens is 4. The van der Waals surface area contributed by atoms with Gasteiger partial charge in [0.1, 0.15) is 16.6 Å². The van der Waals surface area contributed by atoms with Gasteiger partial charge in [-0.05, 0) is 86.5 Å². The molecule has 0 aliphatic heterocycles. The van der Waals surface area contributed by atoms with Crippen molar-refractivity contribution in [3.05, 3.63) is 241 Å². The molecule has 3 heterocycles. The molecule has 63 heavy (non-hydrogen) atoms. The molecule has 0 spiro atoms. The summed E-state index contributed by atoms with van der Waals surface area (Å²) in [5.41, 5.74) is 14.0. The van der Waals surface area contributed by atoms with Gasteiger partial charge < -0.3 is 4.42 Å². The molecule has 5 nitrogen and oxygen atoms in total. The van der Waals surface area contributed by atoms with Gasteiger partial charge >= 0.3 is 0 Å². The molecule has 0 bridgehead atoms. The number of furan rings is 1. The molecule has 3 aromatic heterocycles. The largest absolute Gasteiger partial charge is 0.456 e. The van der Waals surface area contributed by atoms with E-state index in [9.17, 15) is 0 Å². The summed E-state index contributed by atoms with van der Waals surface area (Å²) in [7, 11) is 0. The molecule has 0 saturated carbocycles. The van der Waals surface area contributed by atoms with Crippen LogP contribution < -0.4 is 0 Å². The molecule has 0 radical (unpaired) electrons.